The molecule has 19 heavy (non-hydrogen) atoms. The number of rotatable bonds is 4. The van der Waals surface area contributed by atoms with E-state index >= 15 is 0 Å². The molecule has 0 amide bonds. The molecule has 3 heteroatoms. The van der Waals surface area contributed by atoms with E-state index in [0.717, 1.165) is 13.0 Å². The Kier molecular flexibility index (Phi) is 3.65. The predicted octanol–water partition coefficient (Wildman–Crippen LogP) is 3.35. The second-order valence-corrected chi connectivity index (χ2v) is 5.08. The Bertz CT molecular complexity index is 530. The zero-order valence-electron chi connectivity index (χ0n) is 11.4. The zero-order valence-corrected chi connectivity index (χ0v) is 11.4. The minimum absolute atomic E-state index is 0.451. The van der Waals surface area contributed by atoms with Crippen molar-refractivity contribution in [1.29, 1.82) is 0 Å². The Morgan fingerprint density at radius 2 is 2.16 bits per heavy atom. The second-order valence-electron chi connectivity index (χ2n) is 5.08. The summed E-state index contributed by atoms with van der Waals surface area (Å²) in [5, 5.41) is 0. The standard InChI is InChI=1S/C16H20N2O/c1-2-19-11-13-6-8-14(9-7-13)16-5-3-4-15-10-17-12-18(15)16/h6-10,12,16H,2-5,11H2,1H3. The average Bonchev–Trinajstić information content (AvgIpc) is 2.94. The summed E-state index contributed by atoms with van der Waals surface area (Å²) in [5.41, 5.74) is 3.97. The Balaban J connectivity index is 1.80. The van der Waals surface area contributed by atoms with E-state index in [1.54, 1.807) is 0 Å². The van der Waals surface area contributed by atoms with Crippen molar-refractivity contribution in [3.63, 3.8) is 0 Å². The van der Waals surface area contributed by atoms with Gasteiger partial charge < -0.3 is 9.30 Å². The third kappa shape index (κ3) is 2.56. The molecular formula is C16H20N2O. The maximum Gasteiger partial charge on any atom is 0.0953 e. The molecule has 100 valence electrons. The van der Waals surface area contributed by atoms with Crippen molar-refractivity contribution in [2.24, 2.45) is 0 Å². The van der Waals surface area contributed by atoms with Crippen LogP contribution >= 0.6 is 0 Å². The molecule has 2 aromatic rings. The first-order valence-electron chi connectivity index (χ1n) is 7.05. The van der Waals surface area contributed by atoms with Crippen LogP contribution in [0.4, 0.5) is 0 Å². The summed E-state index contributed by atoms with van der Waals surface area (Å²) in [4.78, 5) is 4.28. The SMILES string of the molecule is CCOCc1ccc(C2CCCc3cncn32)cc1. The molecule has 1 aliphatic heterocycles. The van der Waals surface area contributed by atoms with Crippen molar-refractivity contribution in [2.45, 2.75) is 38.8 Å². The van der Waals surface area contributed by atoms with E-state index in [4.69, 9.17) is 4.74 Å². The first kappa shape index (κ1) is 12.4. The molecule has 0 spiro atoms. The number of nitrogens with zero attached hydrogens (tertiary/aromatic N) is 2. The molecule has 3 nitrogen and oxygen atoms in total. The number of ether oxygens (including phenoxy) is 1. The lowest BCUT2D eigenvalue weighted by molar-refractivity contribution is 0.134. The topological polar surface area (TPSA) is 27.1 Å². The minimum atomic E-state index is 0.451. The molecule has 0 bridgehead atoms. The highest BCUT2D eigenvalue weighted by Gasteiger charge is 2.20. The minimum Gasteiger partial charge on any atom is -0.377 e. The fraction of sp³-hybridized carbons (Fsp3) is 0.438. The summed E-state index contributed by atoms with van der Waals surface area (Å²) in [6, 6.07) is 9.27. The van der Waals surface area contributed by atoms with Crippen molar-refractivity contribution in [2.75, 3.05) is 6.61 Å². The smallest absolute Gasteiger partial charge is 0.0953 e. The first-order chi connectivity index (χ1) is 9.38. The van der Waals surface area contributed by atoms with Crippen molar-refractivity contribution in [3.8, 4) is 0 Å². The summed E-state index contributed by atoms with van der Waals surface area (Å²) >= 11 is 0. The van der Waals surface area contributed by atoms with Crippen molar-refractivity contribution in [3.05, 3.63) is 53.6 Å². The van der Waals surface area contributed by atoms with Crippen LogP contribution in [0, 0.1) is 0 Å². The molecule has 1 unspecified atom stereocenters. The fourth-order valence-electron chi connectivity index (χ4n) is 2.81. The van der Waals surface area contributed by atoms with Gasteiger partial charge in [-0.25, -0.2) is 4.98 Å². The number of fused-ring (bicyclic) bond motifs is 1. The van der Waals surface area contributed by atoms with Gasteiger partial charge in [0.25, 0.3) is 0 Å². The summed E-state index contributed by atoms with van der Waals surface area (Å²) in [6.07, 6.45) is 7.56. The Labute approximate surface area is 114 Å². The van der Waals surface area contributed by atoms with Gasteiger partial charge in [0.15, 0.2) is 0 Å². The zero-order chi connectivity index (χ0) is 13.1. The molecular weight excluding hydrogens is 236 g/mol. The van der Waals surface area contributed by atoms with E-state index in [1.165, 1.54) is 29.7 Å². The Morgan fingerprint density at radius 1 is 1.32 bits per heavy atom. The molecule has 0 saturated carbocycles. The molecule has 0 radical (unpaired) electrons. The summed E-state index contributed by atoms with van der Waals surface area (Å²) in [7, 11) is 0. The van der Waals surface area contributed by atoms with E-state index in [1.807, 2.05) is 19.4 Å². The lowest BCUT2D eigenvalue weighted by atomic mass is 9.96. The van der Waals surface area contributed by atoms with E-state index in [-0.39, 0.29) is 0 Å². The molecule has 3 rings (SSSR count). The molecule has 0 saturated heterocycles. The molecule has 0 fully saturated rings. The first-order valence-corrected chi connectivity index (χ1v) is 7.05. The molecule has 2 heterocycles. The monoisotopic (exact) mass is 256 g/mol. The predicted molar refractivity (Wildman–Crippen MR) is 75.1 cm³/mol. The van der Waals surface area contributed by atoms with Crippen LogP contribution in [-0.2, 0) is 17.8 Å². The quantitative estimate of drug-likeness (QED) is 0.839. The number of hydrogen-bond donors (Lipinski definition) is 0. The molecule has 1 atom stereocenters. The van der Waals surface area contributed by atoms with Gasteiger partial charge in [0.2, 0.25) is 0 Å². The van der Waals surface area contributed by atoms with E-state index in [2.05, 4.69) is 33.8 Å². The van der Waals surface area contributed by atoms with Crippen LogP contribution in [-0.4, -0.2) is 16.2 Å². The number of aromatic nitrogens is 2. The Morgan fingerprint density at radius 3 is 2.95 bits per heavy atom. The maximum absolute atomic E-state index is 5.43. The summed E-state index contributed by atoms with van der Waals surface area (Å²) < 4.78 is 7.75. The largest absolute Gasteiger partial charge is 0.377 e. The van der Waals surface area contributed by atoms with Gasteiger partial charge in [-0.1, -0.05) is 24.3 Å². The van der Waals surface area contributed by atoms with Crippen LogP contribution in [0.5, 0.6) is 0 Å². The Hall–Kier alpha value is -1.61. The van der Waals surface area contributed by atoms with Gasteiger partial charge in [-0.15, -0.1) is 0 Å². The number of aryl methyl sites for hydroxylation is 1. The number of imidazole rings is 1. The second kappa shape index (κ2) is 5.57. The highest BCUT2D eigenvalue weighted by Crippen LogP contribution is 2.30. The van der Waals surface area contributed by atoms with Gasteiger partial charge in [0.05, 0.1) is 19.0 Å². The van der Waals surface area contributed by atoms with Gasteiger partial charge >= 0.3 is 0 Å². The van der Waals surface area contributed by atoms with Gasteiger partial charge in [0, 0.05) is 18.5 Å². The van der Waals surface area contributed by atoms with Crippen molar-refractivity contribution >= 4 is 0 Å². The van der Waals surface area contributed by atoms with Crippen LogP contribution in [0.3, 0.4) is 0 Å². The van der Waals surface area contributed by atoms with Gasteiger partial charge in [-0.05, 0) is 37.3 Å². The number of hydrogen-bond acceptors (Lipinski definition) is 2. The fourth-order valence-corrected chi connectivity index (χ4v) is 2.81. The van der Waals surface area contributed by atoms with Crippen LogP contribution in [0.1, 0.15) is 42.6 Å². The average molecular weight is 256 g/mol. The molecule has 1 aliphatic rings. The van der Waals surface area contributed by atoms with Gasteiger partial charge in [-0.3, -0.25) is 0 Å². The lowest BCUT2D eigenvalue weighted by Gasteiger charge is -2.26. The van der Waals surface area contributed by atoms with Crippen LogP contribution in [0.25, 0.3) is 0 Å². The van der Waals surface area contributed by atoms with Crippen LogP contribution < -0.4 is 0 Å². The van der Waals surface area contributed by atoms with Crippen LogP contribution in [0.2, 0.25) is 0 Å². The van der Waals surface area contributed by atoms with Crippen molar-refractivity contribution in [1.82, 2.24) is 9.55 Å². The lowest BCUT2D eigenvalue weighted by Crippen LogP contribution is -2.17. The van der Waals surface area contributed by atoms with E-state index in [9.17, 15) is 0 Å². The van der Waals surface area contributed by atoms with Gasteiger partial charge in [0.1, 0.15) is 0 Å². The highest BCUT2D eigenvalue weighted by molar-refractivity contribution is 5.27. The third-order valence-corrected chi connectivity index (χ3v) is 3.83. The molecule has 1 aromatic carbocycles. The maximum atomic E-state index is 5.43. The molecule has 0 aliphatic carbocycles. The highest BCUT2D eigenvalue weighted by atomic mass is 16.5. The number of benzene rings is 1. The normalized spacial score (nSPS) is 18.3. The van der Waals surface area contributed by atoms with Crippen LogP contribution in [0.15, 0.2) is 36.8 Å². The third-order valence-electron chi connectivity index (χ3n) is 3.83. The molecule has 0 N–H and O–H groups in total. The van der Waals surface area contributed by atoms with E-state index < -0.39 is 0 Å². The molecule has 1 aromatic heterocycles. The van der Waals surface area contributed by atoms with E-state index in [0.29, 0.717) is 12.6 Å². The summed E-state index contributed by atoms with van der Waals surface area (Å²) in [5.74, 6) is 0. The van der Waals surface area contributed by atoms with Gasteiger partial charge in [-0.2, -0.15) is 0 Å². The van der Waals surface area contributed by atoms with Crippen molar-refractivity contribution < 1.29 is 4.74 Å². The summed E-state index contributed by atoms with van der Waals surface area (Å²) in [6.45, 7) is 3.50.